The number of aliphatic hydroxyl groups is 1. The number of aryl methyl sites for hydroxylation is 1. The maximum absolute atomic E-state index is 12.6. The first-order valence-electron chi connectivity index (χ1n) is 7.09. The number of nitrogens with zero attached hydrogens (tertiary/aromatic N) is 3. The summed E-state index contributed by atoms with van der Waals surface area (Å²) in [6, 6.07) is 0. The van der Waals surface area contributed by atoms with Crippen molar-refractivity contribution >= 4 is 17.4 Å². The predicted molar refractivity (Wildman–Crippen MR) is 75.7 cm³/mol. The lowest BCUT2D eigenvalue weighted by Crippen LogP contribution is -2.58. The molecule has 3 rings (SSSR count). The fourth-order valence-electron chi connectivity index (χ4n) is 3.32. The van der Waals surface area contributed by atoms with E-state index in [4.69, 9.17) is 0 Å². The van der Waals surface area contributed by atoms with Gasteiger partial charge < -0.3 is 15.3 Å². The summed E-state index contributed by atoms with van der Waals surface area (Å²) in [5, 5.41) is 17.6. The number of piperidine rings is 2. The molecule has 7 heteroatoms. The standard InChI is InChI=1S/C13H20N4O2S/c1-9-11(20-16-15-9)12(19)17-6-2-4-13(8-17)7-14-5-3-10(13)18/h10,14,18H,2-8H2,1H3/t10-,13-/m0/s1. The van der Waals surface area contributed by atoms with Crippen molar-refractivity contribution < 1.29 is 9.90 Å². The van der Waals surface area contributed by atoms with E-state index in [0.29, 0.717) is 17.1 Å². The molecule has 0 bridgehead atoms. The lowest BCUT2D eigenvalue weighted by molar-refractivity contribution is -0.0432. The van der Waals surface area contributed by atoms with E-state index in [-0.39, 0.29) is 17.4 Å². The SMILES string of the molecule is Cc1nnsc1C(=O)N1CCC[C@]2(CNCC[C@@H]2O)C1. The molecule has 1 spiro atoms. The van der Waals surface area contributed by atoms with Crippen molar-refractivity contribution in [2.24, 2.45) is 5.41 Å². The van der Waals surface area contributed by atoms with E-state index in [1.54, 1.807) is 0 Å². The molecule has 0 unspecified atom stereocenters. The molecule has 0 radical (unpaired) electrons. The van der Waals surface area contributed by atoms with E-state index in [1.165, 1.54) is 0 Å². The molecule has 2 aliphatic rings. The van der Waals surface area contributed by atoms with Gasteiger partial charge in [0.05, 0.1) is 11.8 Å². The summed E-state index contributed by atoms with van der Waals surface area (Å²) < 4.78 is 3.84. The van der Waals surface area contributed by atoms with Crippen molar-refractivity contribution in [3.8, 4) is 0 Å². The molecular formula is C13H20N4O2S. The van der Waals surface area contributed by atoms with Crippen LogP contribution in [0.5, 0.6) is 0 Å². The predicted octanol–water partition coefficient (Wildman–Crippen LogP) is 0.423. The first-order chi connectivity index (χ1) is 9.62. The smallest absolute Gasteiger partial charge is 0.267 e. The van der Waals surface area contributed by atoms with Gasteiger partial charge in [-0.1, -0.05) is 4.49 Å². The Balaban J connectivity index is 1.78. The van der Waals surface area contributed by atoms with Crippen LogP contribution in [-0.2, 0) is 0 Å². The first kappa shape index (κ1) is 13.9. The molecule has 0 aromatic carbocycles. The molecule has 2 N–H and O–H groups in total. The topological polar surface area (TPSA) is 78.4 Å². The minimum absolute atomic E-state index is 0.00866. The fraction of sp³-hybridized carbons (Fsp3) is 0.769. The summed E-state index contributed by atoms with van der Waals surface area (Å²) in [4.78, 5) is 15.1. The van der Waals surface area contributed by atoms with Crippen LogP contribution in [-0.4, -0.2) is 57.8 Å². The van der Waals surface area contributed by atoms with Crippen LogP contribution >= 0.6 is 11.5 Å². The normalized spacial score (nSPS) is 30.7. The lowest BCUT2D eigenvalue weighted by atomic mass is 9.72. The average Bonchev–Trinajstić information content (AvgIpc) is 2.88. The Bertz CT molecular complexity index is 502. The number of aliphatic hydroxyl groups excluding tert-OH is 1. The number of carbonyl (C=O) groups excluding carboxylic acids is 1. The van der Waals surface area contributed by atoms with E-state index >= 15 is 0 Å². The first-order valence-corrected chi connectivity index (χ1v) is 7.87. The number of hydrogen-bond acceptors (Lipinski definition) is 6. The summed E-state index contributed by atoms with van der Waals surface area (Å²) in [5.41, 5.74) is 0.514. The van der Waals surface area contributed by atoms with Crippen LogP contribution < -0.4 is 5.32 Å². The molecule has 1 aromatic heterocycles. The van der Waals surface area contributed by atoms with Gasteiger partial charge in [-0.25, -0.2) is 0 Å². The minimum Gasteiger partial charge on any atom is -0.392 e. The van der Waals surface area contributed by atoms with Crippen LogP contribution in [0.25, 0.3) is 0 Å². The van der Waals surface area contributed by atoms with Gasteiger partial charge in [0.15, 0.2) is 0 Å². The zero-order valence-electron chi connectivity index (χ0n) is 11.6. The van der Waals surface area contributed by atoms with E-state index < -0.39 is 0 Å². The van der Waals surface area contributed by atoms with E-state index in [2.05, 4.69) is 14.9 Å². The largest absolute Gasteiger partial charge is 0.392 e. The maximum Gasteiger partial charge on any atom is 0.267 e. The Morgan fingerprint density at radius 1 is 1.60 bits per heavy atom. The third kappa shape index (κ3) is 2.34. The molecule has 2 atom stereocenters. The van der Waals surface area contributed by atoms with Crippen LogP contribution in [0.4, 0.5) is 0 Å². The van der Waals surface area contributed by atoms with Gasteiger partial charge in [-0.05, 0) is 44.3 Å². The summed E-state index contributed by atoms with van der Waals surface area (Å²) in [6.45, 7) is 4.84. The van der Waals surface area contributed by atoms with Crippen molar-refractivity contribution in [2.45, 2.75) is 32.3 Å². The second-order valence-electron chi connectivity index (χ2n) is 5.86. The zero-order valence-corrected chi connectivity index (χ0v) is 12.4. The third-order valence-electron chi connectivity index (χ3n) is 4.52. The molecule has 2 aliphatic heterocycles. The maximum atomic E-state index is 12.6. The highest BCUT2D eigenvalue weighted by Crippen LogP contribution is 2.36. The minimum atomic E-state index is -0.319. The summed E-state index contributed by atoms with van der Waals surface area (Å²) in [7, 11) is 0. The van der Waals surface area contributed by atoms with Crippen molar-refractivity contribution in [2.75, 3.05) is 26.2 Å². The second-order valence-corrected chi connectivity index (χ2v) is 6.62. The van der Waals surface area contributed by atoms with Crippen LogP contribution in [0.2, 0.25) is 0 Å². The molecule has 6 nitrogen and oxygen atoms in total. The number of likely N-dealkylation sites (tertiary alicyclic amines) is 1. The van der Waals surface area contributed by atoms with Crippen LogP contribution in [0.15, 0.2) is 0 Å². The lowest BCUT2D eigenvalue weighted by Gasteiger charge is -2.48. The van der Waals surface area contributed by atoms with Gasteiger partial charge in [0.1, 0.15) is 4.88 Å². The van der Waals surface area contributed by atoms with E-state index in [1.807, 2.05) is 11.8 Å². The van der Waals surface area contributed by atoms with Gasteiger partial charge in [-0.15, -0.1) is 5.10 Å². The summed E-state index contributed by atoms with van der Waals surface area (Å²) in [6.07, 6.45) is 2.36. The summed E-state index contributed by atoms with van der Waals surface area (Å²) >= 11 is 1.16. The van der Waals surface area contributed by atoms with Crippen LogP contribution in [0.3, 0.4) is 0 Å². The van der Waals surface area contributed by atoms with Gasteiger partial charge in [-0.2, -0.15) is 0 Å². The number of nitrogens with one attached hydrogen (secondary N) is 1. The Kier molecular flexibility index (Phi) is 3.74. The highest BCUT2D eigenvalue weighted by molar-refractivity contribution is 7.07. The number of hydrogen-bond donors (Lipinski definition) is 2. The van der Waals surface area contributed by atoms with Gasteiger partial charge in [0.25, 0.3) is 5.91 Å². The van der Waals surface area contributed by atoms with Crippen LogP contribution in [0.1, 0.15) is 34.6 Å². The Labute approximate surface area is 122 Å². The molecule has 3 heterocycles. The van der Waals surface area contributed by atoms with Gasteiger partial charge in [0, 0.05) is 25.0 Å². The van der Waals surface area contributed by atoms with Crippen molar-refractivity contribution in [3.63, 3.8) is 0 Å². The average molecular weight is 296 g/mol. The molecule has 110 valence electrons. The quantitative estimate of drug-likeness (QED) is 0.785. The van der Waals surface area contributed by atoms with Gasteiger partial charge in [-0.3, -0.25) is 4.79 Å². The molecule has 0 aliphatic carbocycles. The monoisotopic (exact) mass is 296 g/mol. The van der Waals surface area contributed by atoms with Crippen LogP contribution in [0, 0.1) is 12.3 Å². The zero-order chi connectivity index (χ0) is 14.2. The Hall–Kier alpha value is -1.05. The molecule has 2 fully saturated rings. The molecular weight excluding hydrogens is 276 g/mol. The van der Waals surface area contributed by atoms with Gasteiger partial charge in [0.2, 0.25) is 0 Å². The molecule has 1 amide bonds. The number of amides is 1. The number of aromatic nitrogens is 2. The third-order valence-corrected chi connectivity index (χ3v) is 5.34. The van der Waals surface area contributed by atoms with Gasteiger partial charge >= 0.3 is 0 Å². The van der Waals surface area contributed by atoms with E-state index in [0.717, 1.165) is 50.4 Å². The summed E-state index contributed by atoms with van der Waals surface area (Å²) in [5.74, 6) is 0.00866. The van der Waals surface area contributed by atoms with Crippen molar-refractivity contribution in [3.05, 3.63) is 10.6 Å². The molecule has 20 heavy (non-hydrogen) atoms. The number of rotatable bonds is 1. The number of carbonyl (C=O) groups is 1. The Morgan fingerprint density at radius 2 is 2.45 bits per heavy atom. The highest BCUT2D eigenvalue weighted by Gasteiger charge is 2.44. The Morgan fingerprint density at radius 3 is 3.15 bits per heavy atom. The van der Waals surface area contributed by atoms with Crippen molar-refractivity contribution in [1.29, 1.82) is 0 Å². The molecule has 1 aromatic rings. The molecule has 2 saturated heterocycles. The van der Waals surface area contributed by atoms with Crippen molar-refractivity contribution in [1.82, 2.24) is 19.8 Å². The van der Waals surface area contributed by atoms with E-state index in [9.17, 15) is 9.90 Å². The highest BCUT2D eigenvalue weighted by atomic mass is 32.1. The molecule has 0 saturated carbocycles. The second kappa shape index (κ2) is 5.38. The fourth-order valence-corrected chi connectivity index (χ4v) is 3.95.